The minimum Gasteiger partial charge on any atom is -0.351 e. The molecule has 0 aliphatic carbocycles. The molecule has 0 saturated carbocycles. The summed E-state index contributed by atoms with van der Waals surface area (Å²) >= 11 is 0. The Labute approximate surface area is 142 Å². The lowest BCUT2D eigenvalue weighted by molar-refractivity contribution is -0.116. The Bertz CT molecular complexity index is 478. The maximum atomic E-state index is 13.2. The van der Waals surface area contributed by atoms with E-state index in [9.17, 15) is 13.2 Å². The average Bonchev–Trinajstić information content (AvgIpc) is 2.80. The molecule has 0 aromatic heterocycles. The maximum Gasteiger partial charge on any atom is 0.293 e. The Kier molecular flexibility index (Phi) is 9.85. The molecule has 1 aliphatic rings. The number of carbonyl (C=O) groups is 1. The fraction of sp³-hybridized carbons (Fsp3) is 0.611. The number of halogens is 3. The second-order valence-corrected chi connectivity index (χ2v) is 5.70. The van der Waals surface area contributed by atoms with E-state index in [-0.39, 0.29) is 12.1 Å². The van der Waals surface area contributed by atoms with Crippen molar-refractivity contribution in [3.8, 4) is 0 Å². The van der Waals surface area contributed by atoms with Crippen LogP contribution >= 0.6 is 0 Å². The van der Waals surface area contributed by atoms with Crippen molar-refractivity contribution in [2.24, 2.45) is 0 Å². The molecule has 1 aromatic carbocycles. The summed E-state index contributed by atoms with van der Waals surface area (Å²) in [5.41, 5.74) is 1.85. The monoisotopic (exact) mass is 347 g/mol. The molecule has 6 heteroatoms. The Morgan fingerprint density at radius 3 is 2.08 bits per heavy atom. The van der Waals surface area contributed by atoms with Crippen molar-refractivity contribution < 1.29 is 22.7 Å². The highest BCUT2D eigenvalue weighted by Gasteiger charge is 2.45. The van der Waals surface area contributed by atoms with Gasteiger partial charge in [0.2, 0.25) is 0 Å². The van der Waals surface area contributed by atoms with Crippen LogP contribution in [0, 0.1) is 6.92 Å². The molecule has 0 amide bonds. The molecule has 24 heavy (non-hydrogen) atoms. The molecule has 138 valence electrons. The lowest BCUT2D eigenvalue weighted by Crippen LogP contribution is -2.41. The van der Waals surface area contributed by atoms with E-state index in [1.807, 2.05) is 70.8 Å². The molecule has 1 saturated heterocycles. The summed E-state index contributed by atoms with van der Waals surface area (Å²) in [6.07, 6.45) is -3.39. The van der Waals surface area contributed by atoms with Crippen molar-refractivity contribution in [3.05, 3.63) is 35.4 Å². The number of rotatable bonds is 3. The topological polar surface area (TPSA) is 29.5 Å². The van der Waals surface area contributed by atoms with Crippen LogP contribution in [0.3, 0.4) is 0 Å². The lowest BCUT2D eigenvalue weighted by Gasteiger charge is -2.28. The highest BCUT2D eigenvalue weighted by molar-refractivity contribution is 5.53. The first kappa shape index (κ1) is 22.6. The summed E-state index contributed by atoms with van der Waals surface area (Å²) in [5.74, 6) is 0. The molecule has 1 unspecified atom stereocenters. The average molecular weight is 347 g/mol. The molecule has 1 fully saturated rings. The Hall–Kier alpha value is -1.40. The smallest absolute Gasteiger partial charge is 0.293 e. The molecule has 3 nitrogen and oxygen atoms in total. The van der Waals surface area contributed by atoms with Crippen LogP contribution in [-0.2, 0) is 9.53 Å². The highest BCUT2D eigenvalue weighted by Crippen LogP contribution is 2.39. The minimum absolute atomic E-state index is 0.180. The van der Waals surface area contributed by atoms with Crippen molar-refractivity contribution in [1.29, 1.82) is 0 Å². The Morgan fingerprint density at radius 2 is 1.71 bits per heavy atom. The zero-order valence-corrected chi connectivity index (χ0v) is 15.2. The Balaban J connectivity index is 0.000000650. The molecular formula is C18H28F3NO2. The van der Waals surface area contributed by atoms with Crippen molar-refractivity contribution in [2.75, 3.05) is 13.7 Å². The van der Waals surface area contributed by atoms with E-state index < -0.39 is 25.1 Å². The fourth-order valence-electron chi connectivity index (χ4n) is 2.31. The van der Waals surface area contributed by atoms with Gasteiger partial charge in [0.25, 0.3) is 6.43 Å². The second kappa shape index (κ2) is 10.5. The van der Waals surface area contributed by atoms with Crippen molar-refractivity contribution in [2.45, 2.75) is 58.9 Å². The van der Waals surface area contributed by atoms with Crippen LogP contribution in [0.2, 0.25) is 0 Å². The molecule has 1 heterocycles. The SMILES string of the molecule is CC.Cc1ccc(C2OC(C)(C)N(C)[C@@H]2CF)cc1.O=CC(F)F. The van der Waals surface area contributed by atoms with Crippen molar-refractivity contribution in [1.82, 2.24) is 4.90 Å². The number of ether oxygens (including phenoxy) is 1. The van der Waals surface area contributed by atoms with E-state index in [2.05, 4.69) is 0 Å². The number of carbonyl (C=O) groups excluding carboxylic acids is 1. The molecule has 0 N–H and O–H groups in total. The number of hydrogen-bond donors (Lipinski definition) is 0. The zero-order chi connectivity index (χ0) is 18.9. The van der Waals surface area contributed by atoms with Gasteiger partial charge in [-0.05, 0) is 33.4 Å². The quantitative estimate of drug-likeness (QED) is 0.751. The number of aryl methyl sites for hydroxylation is 1. The van der Waals surface area contributed by atoms with E-state index >= 15 is 0 Å². The number of hydrogen-bond acceptors (Lipinski definition) is 3. The zero-order valence-electron chi connectivity index (χ0n) is 15.2. The minimum atomic E-state index is -2.80. The van der Waals surface area contributed by atoms with Gasteiger partial charge in [0, 0.05) is 0 Å². The first-order valence-electron chi connectivity index (χ1n) is 7.99. The van der Waals surface area contributed by atoms with Gasteiger partial charge in [0.1, 0.15) is 18.5 Å². The molecule has 0 spiro atoms. The molecule has 2 rings (SSSR count). The van der Waals surface area contributed by atoms with Gasteiger partial charge in [0.15, 0.2) is 6.29 Å². The number of benzene rings is 1. The first-order chi connectivity index (χ1) is 11.2. The number of likely N-dealkylation sites (N-methyl/N-ethyl adjacent to an activating group) is 1. The molecule has 0 radical (unpaired) electrons. The lowest BCUT2D eigenvalue weighted by atomic mass is 10.0. The normalized spacial score (nSPS) is 22.2. The van der Waals surface area contributed by atoms with Crippen LogP contribution in [0.4, 0.5) is 13.2 Å². The summed E-state index contributed by atoms with van der Waals surface area (Å²) in [4.78, 5) is 10.7. The van der Waals surface area contributed by atoms with Crippen LogP contribution in [0.1, 0.15) is 44.9 Å². The van der Waals surface area contributed by atoms with Crippen LogP contribution in [0.5, 0.6) is 0 Å². The largest absolute Gasteiger partial charge is 0.351 e. The maximum absolute atomic E-state index is 13.2. The van der Waals surface area contributed by atoms with Gasteiger partial charge in [-0.2, -0.15) is 0 Å². The summed E-state index contributed by atoms with van der Waals surface area (Å²) in [6.45, 7) is 9.61. The molecule has 2 atom stereocenters. The van der Waals surface area contributed by atoms with Gasteiger partial charge < -0.3 is 4.74 Å². The highest BCUT2D eigenvalue weighted by atomic mass is 19.3. The van der Waals surface area contributed by atoms with Crippen LogP contribution < -0.4 is 0 Å². The van der Waals surface area contributed by atoms with Crippen LogP contribution in [-0.4, -0.2) is 43.1 Å². The van der Waals surface area contributed by atoms with E-state index in [1.165, 1.54) is 5.56 Å². The van der Waals surface area contributed by atoms with Crippen molar-refractivity contribution in [3.63, 3.8) is 0 Å². The molecule has 1 aromatic rings. The van der Waals surface area contributed by atoms with E-state index in [0.29, 0.717) is 0 Å². The third-order valence-electron chi connectivity index (χ3n) is 3.78. The summed E-state index contributed by atoms with van der Waals surface area (Å²) < 4.78 is 40.0. The first-order valence-corrected chi connectivity index (χ1v) is 7.99. The third kappa shape index (κ3) is 6.24. The number of nitrogens with zero attached hydrogens (tertiary/aromatic N) is 1. The molecular weight excluding hydrogens is 319 g/mol. The Morgan fingerprint density at radius 1 is 1.25 bits per heavy atom. The van der Waals surface area contributed by atoms with Crippen LogP contribution in [0.25, 0.3) is 0 Å². The van der Waals surface area contributed by atoms with Gasteiger partial charge in [-0.3, -0.25) is 9.69 Å². The van der Waals surface area contributed by atoms with E-state index in [0.717, 1.165) is 5.56 Å². The number of alkyl halides is 3. The second-order valence-electron chi connectivity index (χ2n) is 5.70. The van der Waals surface area contributed by atoms with Gasteiger partial charge >= 0.3 is 0 Å². The molecule has 1 aliphatic heterocycles. The van der Waals surface area contributed by atoms with E-state index in [1.54, 1.807) is 0 Å². The fourth-order valence-corrected chi connectivity index (χ4v) is 2.31. The van der Waals surface area contributed by atoms with E-state index in [4.69, 9.17) is 9.53 Å². The summed E-state index contributed by atoms with van der Waals surface area (Å²) in [5, 5.41) is 0. The van der Waals surface area contributed by atoms with Crippen LogP contribution in [0.15, 0.2) is 24.3 Å². The van der Waals surface area contributed by atoms with Crippen molar-refractivity contribution >= 4 is 6.29 Å². The van der Waals surface area contributed by atoms with Gasteiger partial charge in [-0.1, -0.05) is 43.7 Å². The van der Waals surface area contributed by atoms with Gasteiger partial charge in [-0.15, -0.1) is 0 Å². The van der Waals surface area contributed by atoms with Gasteiger partial charge in [0.05, 0.1) is 6.04 Å². The summed E-state index contributed by atoms with van der Waals surface area (Å²) in [6, 6.07) is 7.93. The summed E-state index contributed by atoms with van der Waals surface area (Å²) in [7, 11) is 1.92. The third-order valence-corrected chi connectivity index (χ3v) is 3.78. The van der Waals surface area contributed by atoms with Gasteiger partial charge in [-0.25, -0.2) is 13.2 Å². The number of aldehydes is 1. The predicted octanol–water partition coefficient (Wildman–Crippen LogP) is 4.55. The molecule has 0 bridgehead atoms. The predicted molar refractivity (Wildman–Crippen MR) is 90.0 cm³/mol. The standard InChI is InChI=1S/C14H20FNO.C2H2F2O.C2H6/c1-10-5-7-11(8-6-10)13-12(9-15)16(4)14(2,3)17-13;3-2(4)1-5;1-2/h5-8,12-13H,9H2,1-4H3;1-2H;1-2H3/t12-,13?;;/m1../s1.